The van der Waals surface area contributed by atoms with E-state index in [-0.39, 0.29) is 11.3 Å². The summed E-state index contributed by atoms with van der Waals surface area (Å²) in [6, 6.07) is 0. The number of carbonyl (C=O) groups is 1. The van der Waals surface area contributed by atoms with E-state index in [9.17, 15) is 4.79 Å². The van der Waals surface area contributed by atoms with Gasteiger partial charge >= 0.3 is 0 Å². The number of amides is 1. The van der Waals surface area contributed by atoms with E-state index in [2.05, 4.69) is 46.1 Å². The molecule has 1 aliphatic rings. The number of nitrogens with one attached hydrogen (secondary N) is 1. The lowest BCUT2D eigenvalue weighted by Gasteiger charge is -2.26. The number of rotatable bonds is 4. The zero-order valence-corrected chi connectivity index (χ0v) is 14.4. The van der Waals surface area contributed by atoms with Crippen molar-refractivity contribution in [2.45, 2.75) is 53.9 Å². The van der Waals surface area contributed by atoms with E-state index in [4.69, 9.17) is 0 Å². The Hall–Kier alpha value is -1.35. The van der Waals surface area contributed by atoms with Gasteiger partial charge in [-0.1, -0.05) is 44.1 Å². The van der Waals surface area contributed by atoms with Crippen molar-refractivity contribution >= 4 is 5.91 Å². The van der Waals surface area contributed by atoms with Gasteiger partial charge in [-0.3, -0.25) is 9.80 Å². The summed E-state index contributed by atoms with van der Waals surface area (Å²) in [7, 11) is 1.81. The Balaban J connectivity index is 2.91. The highest BCUT2D eigenvalue weighted by molar-refractivity contribution is 5.96. The van der Waals surface area contributed by atoms with Crippen LogP contribution in [0.25, 0.3) is 0 Å². The van der Waals surface area contributed by atoms with Crippen molar-refractivity contribution < 1.29 is 4.79 Å². The summed E-state index contributed by atoms with van der Waals surface area (Å²) in [4.78, 5) is 12.7. The van der Waals surface area contributed by atoms with Crippen LogP contribution in [0.15, 0.2) is 34.9 Å². The Labute approximate surface area is 129 Å². The fourth-order valence-electron chi connectivity index (χ4n) is 2.25. The van der Waals surface area contributed by atoms with Crippen LogP contribution in [0.4, 0.5) is 0 Å². The molecular weight excluding hydrogens is 260 g/mol. The largest absolute Gasteiger partial charge is 0.274 e. The first-order chi connectivity index (χ1) is 9.73. The molecule has 0 bridgehead atoms. The van der Waals surface area contributed by atoms with E-state index < -0.39 is 0 Å². The van der Waals surface area contributed by atoms with Crippen molar-refractivity contribution in [3.8, 4) is 0 Å². The topological polar surface area (TPSA) is 32.3 Å². The van der Waals surface area contributed by atoms with E-state index in [1.165, 1.54) is 5.57 Å². The van der Waals surface area contributed by atoms with Gasteiger partial charge in [-0.15, -0.1) is 0 Å². The van der Waals surface area contributed by atoms with Gasteiger partial charge in [0.05, 0.1) is 0 Å². The van der Waals surface area contributed by atoms with E-state index in [0.29, 0.717) is 6.54 Å². The highest BCUT2D eigenvalue weighted by Gasteiger charge is 2.19. The summed E-state index contributed by atoms with van der Waals surface area (Å²) in [6.45, 7) is 11.4. The summed E-state index contributed by atoms with van der Waals surface area (Å²) < 4.78 is 0. The molecule has 3 heteroatoms. The van der Waals surface area contributed by atoms with Gasteiger partial charge in [0.15, 0.2) is 0 Å². The lowest BCUT2D eigenvalue weighted by molar-refractivity contribution is -0.129. The quantitative estimate of drug-likeness (QED) is 0.794. The molecule has 1 rings (SSSR count). The monoisotopic (exact) mass is 290 g/mol. The second kappa shape index (κ2) is 7.60. The minimum absolute atomic E-state index is 0.0516. The highest BCUT2D eigenvalue weighted by atomic mass is 16.2. The minimum atomic E-state index is 0.0516. The number of hydrogen-bond donors (Lipinski definition) is 1. The minimum Gasteiger partial charge on any atom is -0.274 e. The average molecular weight is 290 g/mol. The molecule has 118 valence electrons. The standard InChI is InChI=1S/C18H30N2O/c1-14-8-7-9-15(2)13-16(12-14)17(21)20(19-6)11-10-18(3,4)5/h8,12-13,19H,7,9-11H2,1-6H3/b14-8+,15-13-,16-12+. The van der Waals surface area contributed by atoms with Gasteiger partial charge in [-0.2, -0.15) is 0 Å². The molecule has 0 fully saturated rings. The van der Waals surface area contributed by atoms with Crippen molar-refractivity contribution in [3.63, 3.8) is 0 Å². The Morgan fingerprint density at radius 1 is 1.29 bits per heavy atom. The van der Waals surface area contributed by atoms with Crippen molar-refractivity contribution in [2.24, 2.45) is 5.41 Å². The maximum atomic E-state index is 12.7. The molecule has 0 aromatic rings. The first-order valence-electron chi connectivity index (χ1n) is 7.78. The van der Waals surface area contributed by atoms with Gasteiger partial charge in [-0.05, 0) is 44.6 Å². The van der Waals surface area contributed by atoms with Crippen molar-refractivity contribution in [1.82, 2.24) is 10.4 Å². The van der Waals surface area contributed by atoms with Crippen molar-refractivity contribution in [3.05, 3.63) is 34.9 Å². The first-order valence-corrected chi connectivity index (χ1v) is 7.78. The molecule has 0 radical (unpaired) electrons. The van der Waals surface area contributed by atoms with Crippen LogP contribution in [0, 0.1) is 5.41 Å². The number of nitrogens with zero attached hydrogens (tertiary/aromatic N) is 1. The second-order valence-corrected chi connectivity index (χ2v) is 7.07. The molecule has 0 saturated heterocycles. The zero-order chi connectivity index (χ0) is 16.0. The molecule has 1 aliphatic carbocycles. The Kier molecular flexibility index (Phi) is 6.41. The summed E-state index contributed by atoms with van der Waals surface area (Å²) in [5.74, 6) is 0.0516. The number of hydrazine groups is 1. The maximum absolute atomic E-state index is 12.7. The van der Waals surface area contributed by atoms with Crippen LogP contribution in [0.5, 0.6) is 0 Å². The lowest BCUT2D eigenvalue weighted by atomic mass is 9.92. The van der Waals surface area contributed by atoms with Crippen molar-refractivity contribution in [1.29, 1.82) is 0 Å². The molecule has 0 aliphatic heterocycles. The van der Waals surface area contributed by atoms with Crippen LogP contribution in [0.3, 0.4) is 0 Å². The van der Waals surface area contributed by atoms with Gasteiger partial charge in [0, 0.05) is 19.2 Å². The van der Waals surface area contributed by atoms with E-state index >= 15 is 0 Å². The van der Waals surface area contributed by atoms with Gasteiger partial charge < -0.3 is 0 Å². The van der Waals surface area contributed by atoms with Crippen LogP contribution in [0.2, 0.25) is 0 Å². The van der Waals surface area contributed by atoms with E-state index in [0.717, 1.165) is 30.4 Å². The van der Waals surface area contributed by atoms with Gasteiger partial charge in [-0.25, -0.2) is 5.43 Å². The molecule has 3 nitrogen and oxygen atoms in total. The normalized spacial score (nSPS) is 23.8. The smallest absolute Gasteiger partial charge is 0.267 e. The maximum Gasteiger partial charge on any atom is 0.267 e. The fraction of sp³-hybridized carbons (Fsp3) is 0.611. The van der Waals surface area contributed by atoms with E-state index in [1.54, 1.807) is 5.01 Å². The van der Waals surface area contributed by atoms with Crippen LogP contribution in [0.1, 0.15) is 53.9 Å². The summed E-state index contributed by atoms with van der Waals surface area (Å²) in [6.07, 6.45) is 9.25. The van der Waals surface area contributed by atoms with Gasteiger partial charge in [0.25, 0.3) is 5.91 Å². The average Bonchev–Trinajstić information content (AvgIpc) is 2.35. The summed E-state index contributed by atoms with van der Waals surface area (Å²) in [5.41, 5.74) is 6.43. The molecule has 0 aromatic carbocycles. The third-order valence-corrected chi connectivity index (χ3v) is 3.64. The summed E-state index contributed by atoms with van der Waals surface area (Å²) >= 11 is 0. The molecule has 0 saturated carbocycles. The SMILES string of the molecule is CNN(CCC(C)(C)C)C(=O)C1=C/C(C)=C/CC/C(C)=C\1. The predicted octanol–water partition coefficient (Wildman–Crippen LogP) is 4.00. The van der Waals surface area contributed by atoms with Crippen LogP contribution in [-0.2, 0) is 4.79 Å². The molecule has 0 spiro atoms. The molecule has 0 unspecified atom stereocenters. The molecule has 1 N–H and O–H groups in total. The lowest BCUT2D eigenvalue weighted by Crippen LogP contribution is -2.42. The molecule has 0 aromatic heterocycles. The van der Waals surface area contributed by atoms with Crippen molar-refractivity contribution in [2.75, 3.05) is 13.6 Å². The first kappa shape index (κ1) is 17.7. The fourth-order valence-corrected chi connectivity index (χ4v) is 2.25. The van der Waals surface area contributed by atoms with Gasteiger partial charge in [0.2, 0.25) is 0 Å². The number of allylic oxidation sites excluding steroid dienone is 4. The van der Waals surface area contributed by atoms with Crippen LogP contribution in [-0.4, -0.2) is 24.5 Å². The molecule has 1 amide bonds. The predicted molar refractivity (Wildman–Crippen MR) is 89.7 cm³/mol. The Bertz CT molecular complexity index is 464. The van der Waals surface area contributed by atoms with E-state index in [1.807, 2.05) is 19.2 Å². The highest BCUT2D eigenvalue weighted by Crippen LogP contribution is 2.21. The molecule has 0 heterocycles. The Morgan fingerprint density at radius 2 is 1.95 bits per heavy atom. The van der Waals surface area contributed by atoms with Gasteiger partial charge in [0.1, 0.15) is 0 Å². The molecular formula is C18H30N2O. The Morgan fingerprint density at radius 3 is 2.52 bits per heavy atom. The van der Waals surface area contributed by atoms with Crippen LogP contribution < -0.4 is 5.43 Å². The molecule has 21 heavy (non-hydrogen) atoms. The molecule has 0 atom stereocenters. The number of carbonyl (C=O) groups excluding carboxylic acids is 1. The third-order valence-electron chi connectivity index (χ3n) is 3.64. The van der Waals surface area contributed by atoms with Crippen LogP contribution >= 0.6 is 0 Å². The number of hydrogen-bond acceptors (Lipinski definition) is 2. The second-order valence-electron chi connectivity index (χ2n) is 7.07. The summed E-state index contributed by atoms with van der Waals surface area (Å²) in [5, 5.41) is 1.72. The zero-order valence-electron chi connectivity index (χ0n) is 14.4. The third kappa shape index (κ3) is 6.30.